The minimum atomic E-state index is -0.0344. The maximum absolute atomic E-state index is 12.4. The predicted octanol–water partition coefficient (Wildman–Crippen LogP) is 2.47. The van der Waals surface area contributed by atoms with Gasteiger partial charge in [-0.1, -0.05) is 23.4 Å². The Bertz CT molecular complexity index is 731. The minimum Gasteiger partial charge on any atom is -0.353 e. The van der Waals surface area contributed by atoms with Crippen molar-refractivity contribution < 1.29 is 9.59 Å². The lowest BCUT2D eigenvalue weighted by Crippen LogP contribution is -2.56. The van der Waals surface area contributed by atoms with Crippen LogP contribution in [0.25, 0.3) is 0 Å². The van der Waals surface area contributed by atoms with Crippen LogP contribution in [0.4, 0.5) is 10.6 Å². The number of aromatic nitrogens is 2. The first-order valence-electron chi connectivity index (χ1n) is 10.2. The van der Waals surface area contributed by atoms with Crippen LogP contribution in [0.5, 0.6) is 0 Å². The molecular weight excluding hydrogens is 412 g/mol. The summed E-state index contributed by atoms with van der Waals surface area (Å²) in [7, 11) is 0. The number of rotatable bonds is 5. The van der Waals surface area contributed by atoms with Gasteiger partial charge in [0.1, 0.15) is 11.0 Å². The van der Waals surface area contributed by atoms with Gasteiger partial charge in [0.05, 0.1) is 5.75 Å². The van der Waals surface area contributed by atoms with Crippen LogP contribution >= 0.6 is 23.4 Å². The van der Waals surface area contributed by atoms with Crippen molar-refractivity contribution in [3.8, 4) is 0 Å². The molecule has 10 heteroatoms. The number of urea groups is 1. The molecule has 1 atom stereocenters. The van der Waals surface area contributed by atoms with Gasteiger partial charge < -0.3 is 20.0 Å². The lowest BCUT2D eigenvalue weighted by atomic mass is 10.1. The van der Waals surface area contributed by atoms with Gasteiger partial charge in [0, 0.05) is 51.4 Å². The molecule has 0 saturated carbocycles. The van der Waals surface area contributed by atoms with Gasteiger partial charge in [-0.15, -0.1) is 0 Å². The van der Waals surface area contributed by atoms with Gasteiger partial charge in [-0.05, 0) is 33.1 Å². The van der Waals surface area contributed by atoms with Crippen molar-refractivity contribution in [1.82, 2.24) is 25.1 Å². The molecule has 0 bridgehead atoms. The largest absolute Gasteiger partial charge is 0.353 e. The Balaban J connectivity index is 1.60. The van der Waals surface area contributed by atoms with Crippen molar-refractivity contribution in [2.24, 2.45) is 0 Å². The van der Waals surface area contributed by atoms with Gasteiger partial charge in [-0.25, -0.2) is 14.8 Å². The number of nitrogens with one attached hydrogen (secondary N) is 1. The normalized spacial score (nSPS) is 20.0. The summed E-state index contributed by atoms with van der Waals surface area (Å²) in [5.74, 6) is 1.19. The van der Waals surface area contributed by atoms with Crippen LogP contribution in [0.15, 0.2) is 11.2 Å². The molecule has 1 aromatic rings. The van der Waals surface area contributed by atoms with E-state index in [0.717, 1.165) is 31.7 Å². The van der Waals surface area contributed by atoms with E-state index in [-0.39, 0.29) is 18.0 Å². The van der Waals surface area contributed by atoms with E-state index < -0.39 is 0 Å². The molecule has 2 saturated heterocycles. The molecule has 1 N–H and O–H groups in total. The topological polar surface area (TPSA) is 81.7 Å². The van der Waals surface area contributed by atoms with Gasteiger partial charge in [0.25, 0.3) is 0 Å². The fourth-order valence-electron chi connectivity index (χ4n) is 3.69. The van der Waals surface area contributed by atoms with Crippen molar-refractivity contribution in [2.75, 3.05) is 49.9 Å². The number of carbonyl (C=O) groups excluding carboxylic acids is 2. The minimum absolute atomic E-state index is 0.0344. The van der Waals surface area contributed by atoms with Crippen molar-refractivity contribution in [3.05, 3.63) is 11.2 Å². The molecule has 3 heterocycles. The summed E-state index contributed by atoms with van der Waals surface area (Å²) in [6, 6.07) is 1.76. The molecule has 2 aliphatic heterocycles. The quantitative estimate of drug-likeness (QED) is 0.430. The fourth-order valence-corrected chi connectivity index (χ4v) is 4.68. The van der Waals surface area contributed by atoms with E-state index in [0.29, 0.717) is 42.2 Å². The zero-order chi connectivity index (χ0) is 20.8. The Morgan fingerprint density at radius 1 is 1.21 bits per heavy atom. The van der Waals surface area contributed by atoms with Gasteiger partial charge in [0.15, 0.2) is 5.16 Å². The molecule has 8 nitrogen and oxygen atoms in total. The Hall–Kier alpha value is -1.74. The van der Waals surface area contributed by atoms with Crippen LogP contribution < -0.4 is 10.2 Å². The molecule has 0 aromatic carbocycles. The average molecular weight is 441 g/mol. The molecule has 3 amide bonds. The Morgan fingerprint density at radius 2 is 1.97 bits per heavy atom. The van der Waals surface area contributed by atoms with Gasteiger partial charge in [0.2, 0.25) is 5.91 Å². The highest BCUT2D eigenvalue weighted by molar-refractivity contribution is 7.99. The monoisotopic (exact) mass is 440 g/mol. The number of piperidine rings is 1. The molecule has 29 heavy (non-hydrogen) atoms. The third-order valence-corrected chi connectivity index (χ3v) is 6.26. The molecule has 0 spiro atoms. The van der Waals surface area contributed by atoms with Crippen LogP contribution in [0, 0.1) is 0 Å². The molecule has 3 rings (SSSR count). The summed E-state index contributed by atoms with van der Waals surface area (Å²) < 4.78 is 0. The first-order chi connectivity index (χ1) is 14.0. The second-order valence-corrected chi connectivity index (χ2v) is 8.72. The van der Waals surface area contributed by atoms with Crippen LogP contribution in [-0.4, -0.2) is 82.8 Å². The van der Waals surface area contributed by atoms with E-state index in [9.17, 15) is 9.59 Å². The summed E-state index contributed by atoms with van der Waals surface area (Å²) in [5.41, 5.74) is 0. The fraction of sp³-hybridized carbons (Fsp3) is 0.684. The standard InChI is InChI=1S/C19H29ClN6O2S/c1-3-21-19(28)26-10-9-25(12-14(26)2)16-11-15(20)22-18(23-16)29-13-17(27)24-7-5-4-6-8-24/h11,14H,3-10,12-13H2,1-2H3,(H,21,28). The highest BCUT2D eigenvalue weighted by Crippen LogP contribution is 2.24. The van der Waals surface area contributed by atoms with E-state index in [1.807, 2.05) is 23.6 Å². The summed E-state index contributed by atoms with van der Waals surface area (Å²) in [4.78, 5) is 39.3. The number of anilines is 1. The number of nitrogens with zero attached hydrogens (tertiary/aromatic N) is 5. The van der Waals surface area contributed by atoms with Crippen molar-refractivity contribution in [1.29, 1.82) is 0 Å². The number of hydrogen-bond donors (Lipinski definition) is 1. The molecule has 1 aromatic heterocycles. The third kappa shape index (κ3) is 5.88. The number of carbonyl (C=O) groups is 2. The molecule has 160 valence electrons. The number of amides is 3. The van der Waals surface area contributed by atoms with E-state index in [1.165, 1.54) is 18.2 Å². The van der Waals surface area contributed by atoms with Crippen LogP contribution in [0.1, 0.15) is 33.1 Å². The molecular formula is C19H29ClN6O2S. The second kappa shape index (κ2) is 10.3. The van der Waals surface area contributed by atoms with Crippen molar-refractivity contribution in [2.45, 2.75) is 44.3 Å². The number of piperazine rings is 1. The van der Waals surface area contributed by atoms with Crippen LogP contribution in [0.2, 0.25) is 5.15 Å². The highest BCUT2D eigenvalue weighted by atomic mass is 35.5. The molecule has 0 radical (unpaired) electrons. The van der Waals surface area contributed by atoms with Crippen molar-refractivity contribution in [3.63, 3.8) is 0 Å². The molecule has 2 fully saturated rings. The third-order valence-electron chi connectivity index (χ3n) is 5.23. The zero-order valence-corrected chi connectivity index (χ0v) is 18.6. The molecule has 2 aliphatic rings. The Labute approximate surface area is 181 Å². The number of halogens is 1. The lowest BCUT2D eigenvalue weighted by molar-refractivity contribution is -0.129. The van der Waals surface area contributed by atoms with E-state index in [4.69, 9.17) is 11.6 Å². The maximum atomic E-state index is 12.4. The van der Waals surface area contributed by atoms with E-state index in [2.05, 4.69) is 20.2 Å². The van der Waals surface area contributed by atoms with Crippen LogP contribution in [0.3, 0.4) is 0 Å². The SMILES string of the molecule is CCNC(=O)N1CCN(c2cc(Cl)nc(SCC(=O)N3CCCCC3)n2)CC1C. The summed E-state index contributed by atoms with van der Waals surface area (Å²) in [5, 5.41) is 3.73. The Morgan fingerprint density at radius 3 is 2.66 bits per heavy atom. The van der Waals surface area contributed by atoms with Gasteiger partial charge in [-0.2, -0.15) is 0 Å². The predicted molar refractivity (Wildman–Crippen MR) is 116 cm³/mol. The first kappa shape index (κ1) is 22.0. The van der Waals surface area contributed by atoms with Crippen LogP contribution in [-0.2, 0) is 4.79 Å². The van der Waals surface area contributed by atoms with E-state index in [1.54, 1.807) is 6.07 Å². The zero-order valence-electron chi connectivity index (χ0n) is 17.1. The first-order valence-corrected chi connectivity index (χ1v) is 11.6. The number of hydrogen-bond acceptors (Lipinski definition) is 6. The number of thioether (sulfide) groups is 1. The molecule has 0 aliphatic carbocycles. The smallest absolute Gasteiger partial charge is 0.317 e. The van der Waals surface area contributed by atoms with E-state index >= 15 is 0 Å². The summed E-state index contributed by atoms with van der Waals surface area (Å²) >= 11 is 7.56. The summed E-state index contributed by atoms with van der Waals surface area (Å²) in [6.07, 6.45) is 3.35. The highest BCUT2D eigenvalue weighted by Gasteiger charge is 2.28. The summed E-state index contributed by atoms with van der Waals surface area (Å²) in [6.45, 7) is 8.19. The van der Waals surface area contributed by atoms with Gasteiger partial charge >= 0.3 is 6.03 Å². The lowest BCUT2D eigenvalue weighted by Gasteiger charge is -2.40. The number of likely N-dealkylation sites (tertiary alicyclic amines) is 1. The Kier molecular flexibility index (Phi) is 7.83. The van der Waals surface area contributed by atoms with Crippen molar-refractivity contribution >= 4 is 41.1 Å². The van der Waals surface area contributed by atoms with Gasteiger partial charge in [-0.3, -0.25) is 4.79 Å². The average Bonchev–Trinajstić information content (AvgIpc) is 2.72. The second-order valence-electron chi connectivity index (χ2n) is 7.39. The maximum Gasteiger partial charge on any atom is 0.317 e. The molecule has 1 unspecified atom stereocenters.